The maximum Gasteiger partial charge on any atom is 0.370 e. The number of rotatable bonds is 6. The predicted octanol–water partition coefficient (Wildman–Crippen LogP) is 1.25. The second kappa shape index (κ2) is 9.16. The van der Waals surface area contributed by atoms with Gasteiger partial charge in [0.15, 0.2) is 23.6 Å². The van der Waals surface area contributed by atoms with Gasteiger partial charge in [-0.05, 0) is 29.5 Å². The molecule has 0 spiro atoms. The summed E-state index contributed by atoms with van der Waals surface area (Å²) in [7, 11) is 5.44. The van der Waals surface area contributed by atoms with E-state index in [1.807, 2.05) is 6.07 Å². The number of ether oxygens (including phenoxy) is 3. The van der Waals surface area contributed by atoms with Crippen LogP contribution in [0.25, 0.3) is 0 Å². The van der Waals surface area contributed by atoms with Crippen LogP contribution in [0.5, 0.6) is 11.5 Å². The summed E-state index contributed by atoms with van der Waals surface area (Å²) in [5.41, 5.74) is 3.56. The highest BCUT2D eigenvalue weighted by molar-refractivity contribution is 5.94. The minimum Gasteiger partial charge on any atom is -1.00 e. The summed E-state index contributed by atoms with van der Waals surface area (Å²) in [4.78, 5) is 0. The smallest absolute Gasteiger partial charge is 0.370 e. The first kappa shape index (κ1) is 22.5. The largest absolute Gasteiger partial charge is 1.00 e. The van der Waals surface area contributed by atoms with Crippen molar-refractivity contribution in [1.29, 1.82) is 0 Å². The lowest BCUT2D eigenvalue weighted by atomic mass is 9.89. The van der Waals surface area contributed by atoms with Crippen molar-refractivity contribution in [2.45, 2.75) is 38.6 Å². The molecular weight excluding hydrogens is 465 g/mol. The summed E-state index contributed by atoms with van der Waals surface area (Å²) < 4.78 is 19.5. The highest BCUT2D eigenvalue weighted by Gasteiger charge is 2.41. The van der Waals surface area contributed by atoms with Gasteiger partial charge in [0.2, 0.25) is 0 Å². The number of halogens is 1. The molecule has 4 nitrogen and oxygen atoms in total. The second-order valence-electron chi connectivity index (χ2n) is 7.85. The quantitative estimate of drug-likeness (QED) is 0.447. The lowest BCUT2D eigenvalue weighted by molar-refractivity contribution is -0.562. The molecule has 0 aliphatic carbocycles. The van der Waals surface area contributed by atoms with Gasteiger partial charge in [0.05, 0.1) is 19.8 Å². The van der Waals surface area contributed by atoms with Gasteiger partial charge in [0.1, 0.15) is 7.05 Å². The van der Waals surface area contributed by atoms with Crippen LogP contribution in [-0.2, 0) is 11.2 Å². The van der Waals surface area contributed by atoms with Gasteiger partial charge in [-0.3, -0.25) is 0 Å². The molecule has 1 aliphatic rings. The number of methoxy groups -OCH3 is 2. The predicted molar refractivity (Wildman–Crippen MR) is 108 cm³/mol. The van der Waals surface area contributed by atoms with Crippen LogP contribution < -0.4 is 33.5 Å². The van der Waals surface area contributed by atoms with E-state index in [4.69, 9.17) is 14.2 Å². The van der Waals surface area contributed by atoms with Crippen molar-refractivity contribution < 1.29 is 42.8 Å². The highest BCUT2D eigenvalue weighted by Crippen LogP contribution is 2.36. The summed E-state index contributed by atoms with van der Waals surface area (Å²) in [6.45, 7) is 7.29. The van der Waals surface area contributed by atoms with E-state index in [0.717, 1.165) is 29.4 Å². The molecule has 1 atom stereocenters. The Morgan fingerprint density at radius 2 is 1.68 bits per heavy atom. The van der Waals surface area contributed by atoms with Crippen LogP contribution in [0, 0.1) is 0 Å². The van der Waals surface area contributed by atoms with Crippen molar-refractivity contribution in [3.8, 4) is 11.5 Å². The Hall–Kier alpha value is -1.76. The number of nitrogens with zero attached hydrogens (tertiary/aromatic N) is 1. The van der Waals surface area contributed by atoms with Crippen LogP contribution in [0.15, 0.2) is 42.5 Å². The maximum absolute atomic E-state index is 6.13. The molecular formula is C23H30INO3. The average Bonchev–Trinajstić information content (AvgIpc) is 2.94. The lowest BCUT2D eigenvalue weighted by Gasteiger charge is -2.18. The molecule has 152 valence electrons. The number of hydrogen-bond donors (Lipinski definition) is 0. The van der Waals surface area contributed by atoms with Gasteiger partial charge in [0, 0.05) is 19.9 Å². The number of hydrogen-bond acceptors (Lipinski definition) is 3. The Balaban J connectivity index is 0.00000280. The zero-order valence-electron chi connectivity index (χ0n) is 17.6. The van der Waals surface area contributed by atoms with Crippen LogP contribution in [0.3, 0.4) is 0 Å². The van der Waals surface area contributed by atoms with Crippen LogP contribution in [0.1, 0.15) is 43.4 Å². The summed E-state index contributed by atoms with van der Waals surface area (Å²) in [6, 6.07) is 14.7. The molecule has 1 heterocycles. The van der Waals surface area contributed by atoms with E-state index in [1.54, 1.807) is 14.2 Å². The Kier molecular flexibility index (Phi) is 7.37. The second-order valence-corrected chi connectivity index (χ2v) is 7.85. The van der Waals surface area contributed by atoms with Gasteiger partial charge in [-0.2, -0.15) is 4.58 Å². The molecule has 0 bridgehead atoms. The Morgan fingerprint density at radius 3 is 2.21 bits per heavy atom. The van der Waals surface area contributed by atoms with Crippen LogP contribution in [-0.4, -0.2) is 43.9 Å². The van der Waals surface area contributed by atoms with Crippen LogP contribution in [0.4, 0.5) is 0 Å². The topological polar surface area (TPSA) is 30.7 Å². The molecule has 0 aromatic heterocycles. The Labute approximate surface area is 185 Å². The van der Waals surface area contributed by atoms with Gasteiger partial charge in [-0.25, -0.2) is 0 Å². The molecule has 1 unspecified atom stereocenters. The third-order valence-electron chi connectivity index (χ3n) is 5.48. The number of likely N-dealkylation sites (N-methyl/N-ethyl adjacent to an activating group) is 1. The van der Waals surface area contributed by atoms with E-state index >= 15 is 0 Å². The average molecular weight is 495 g/mol. The molecule has 28 heavy (non-hydrogen) atoms. The highest BCUT2D eigenvalue weighted by atomic mass is 127. The fourth-order valence-corrected chi connectivity index (χ4v) is 3.54. The van der Waals surface area contributed by atoms with Crippen molar-refractivity contribution in [2.75, 3.05) is 27.9 Å². The zero-order chi connectivity index (χ0) is 19.6. The Morgan fingerprint density at radius 1 is 1.07 bits per heavy atom. The van der Waals surface area contributed by atoms with E-state index in [9.17, 15) is 0 Å². The van der Waals surface area contributed by atoms with Gasteiger partial charge < -0.3 is 38.2 Å². The monoisotopic (exact) mass is 495 g/mol. The van der Waals surface area contributed by atoms with Crippen molar-refractivity contribution in [1.82, 2.24) is 0 Å². The molecule has 0 saturated heterocycles. The van der Waals surface area contributed by atoms with Crippen molar-refractivity contribution in [3.05, 3.63) is 59.2 Å². The fraction of sp³-hybridized carbons (Fsp3) is 0.435. The first-order valence-corrected chi connectivity index (χ1v) is 9.41. The van der Waals surface area contributed by atoms with Gasteiger partial charge in [0.25, 0.3) is 0 Å². The van der Waals surface area contributed by atoms with Crippen LogP contribution >= 0.6 is 0 Å². The summed E-state index contributed by atoms with van der Waals surface area (Å²) >= 11 is 0. The molecule has 3 rings (SSSR count). The molecule has 0 fully saturated rings. The normalized spacial score (nSPS) is 16.2. The van der Waals surface area contributed by atoms with Crippen molar-refractivity contribution in [2.24, 2.45) is 0 Å². The van der Waals surface area contributed by atoms with Gasteiger partial charge >= 0.3 is 5.90 Å². The molecule has 0 amide bonds. The molecule has 2 aromatic carbocycles. The van der Waals surface area contributed by atoms with E-state index in [1.165, 1.54) is 11.1 Å². The minimum absolute atomic E-state index is 0. The van der Waals surface area contributed by atoms with Crippen LogP contribution in [0.2, 0.25) is 0 Å². The zero-order valence-corrected chi connectivity index (χ0v) is 19.7. The van der Waals surface area contributed by atoms with Crippen molar-refractivity contribution in [3.63, 3.8) is 0 Å². The lowest BCUT2D eigenvalue weighted by Crippen LogP contribution is -3.00. The summed E-state index contributed by atoms with van der Waals surface area (Å²) in [6.07, 6.45) is 0.948. The first-order chi connectivity index (χ1) is 12.9. The third kappa shape index (κ3) is 4.45. The van der Waals surface area contributed by atoms with Gasteiger partial charge in [-0.1, -0.05) is 37.3 Å². The minimum atomic E-state index is -0.0393. The van der Waals surface area contributed by atoms with Crippen molar-refractivity contribution >= 4 is 5.90 Å². The van der Waals surface area contributed by atoms with E-state index in [0.29, 0.717) is 12.5 Å². The molecule has 0 saturated carbocycles. The standard InChI is InChI=1S/C23H30NO3.HI/c1-16(12-17-10-8-7-9-11-17)18-13-20(25-5)21(26-6)14-19(18)22-24(4)23(2,3)15-27-22;/h7-11,13-14,16H,12,15H2,1-6H3;1H/q+1;/p-1. The first-order valence-electron chi connectivity index (χ1n) is 9.41. The summed E-state index contributed by atoms with van der Waals surface area (Å²) in [5, 5.41) is 0. The maximum atomic E-state index is 6.13. The summed E-state index contributed by atoms with van der Waals surface area (Å²) in [5.74, 6) is 2.67. The number of benzene rings is 2. The third-order valence-corrected chi connectivity index (χ3v) is 5.48. The molecule has 0 N–H and O–H groups in total. The molecule has 1 aliphatic heterocycles. The molecule has 0 radical (unpaired) electrons. The van der Waals surface area contributed by atoms with E-state index in [-0.39, 0.29) is 29.5 Å². The van der Waals surface area contributed by atoms with Gasteiger partial charge in [-0.15, -0.1) is 0 Å². The molecule has 5 heteroatoms. The SMILES string of the molecule is COc1cc(C2=[N+](C)C(C)(C)CO2)c(C(C)Cc2ccccc2)cc1OC.[I-]. The van der Waals surface area contributed by atoms with E-state index < -0.39 is 0 Å². The molecule has 2 aromatic rings. The fourth-order valence-electron chi connectivity index (χ4n) is 3.54. The van der Waals surface area contributed by atoms with E-state index in [2.05, 4.69) is 68.8 Å². The Bertz CT molecular complexity index is 846.